The van der Waals surface area contributed by atoms with E-state index in [4.69, 9.17) is 15.3 Å². The van der Waals surface area contributed by atoms with Crippen LogP contribution in [0.2, 0.25) is 0 Å². The van der Waals surface area contributed by atoms with Crippen molar-refractivity contribution in [2.75, 3.05) is 0 Å². The number of carbonyl (C=O) groups is 1. The Morgan fingerprint density at radius 3 is 2.17 bits per heavy atom. The van der Waals surface area contributed by atoms with Crippen LogP contribution in [-0.4, -0.2) is 39.4 Å². The molecule has 0 radical (unpaired) electrons. The summed E-state index contributed by atoms with van der Waals surface area (Å²) in [6.45, 7) is 3.05. The minimum atomic E-state index is -1.24. The van der Waals surface area contributed by atoms with E-state index in [9.17, 15) is 4.79 Å². The van der Waals surface area contributed by atoms with Gasteiger partial charge in [-0.2, -0.15) is 0 Å². The zero-order valence-corrected chi connectivity index (χ0v) is 7.40. The van der Waals surface area contributed by atoms with Crippen molar-refractivity contribution >= 4 is 5.78 Å². The molecule has 0 amide bonds. The molecule has 0 aliphatic rings. The summed E-state index contributed by atoms with van der Waals surface area (Å²) in [6, 6.07) is 0. The van der Waals surface area contributed by atoms with Gasteiger partial charge in [0.25, 0.3) is 0 Å². The molecule has 0 saturated heterocycles. The van der Waals surface area contributed by atoms with E-state index in [2.05, 4.69) is 0 Å². The van der Waals surface area contributed by atoms with Gasteiger partial charge in [-0.15, -0.1) is 0 Å². The Bertz CT molecular complexity index is 144. The summed E-state index contributed by atoms with van der Waals surface area (Å²) in [5, 5.41) is 27.1. The quantitative estimate of drug-likeness (QED) is 0.525. The topological polar surface area (TPSA) is 77.8 Å². The van der Waals surface area contributed by atoms with Crippen molar-refractivity contribution in [3.63, 3.8) is 0 Å². The lowest BCUT2D eigenvalue weighted by atomic mass is 10.0. The van der Waals surface area contributed by atoms with Crippen molar-refractivity contribution in [3.05, 3.63) is 0 Å². The predicted octanol–water partition coefficient (Wildman–Crippen LogP) is -0.542. The molecular formula is C8H16O4. The van der Waals surface area contributed by atoms with Crippen molar-refractivity contribution in [1.29, 1.82) is 0 Å². The lowest BCUT2D eigenvalue weighted by Crippen LogP contribution is -2.36. The van der Waals surface area contributed by atoms with Gasteiger partial charge < -0.3 is 15.3 Å². The molecule has 3 N–H and O–H groups in total. The van der Waals surface area contributed by atoms with Crippen LogP contribution < -0.4 is 0 Å². The second-order valence-corrected chi connectivity index (χ2v) is 2.89. The molecule has 4 nitrogen and oxygen atoms in total. The molecule has 0 aliphatic carbocycles. The Labute approximate surface area is 71.8 Å². The van der Waals surface area contributed by atoms with Gasteiger partial charge in [-0.3, -0.25) is 4.79 Å². The molecule has 12 heavy (non-hydrogen) atoms. The number of rotatable bonds is 5. The van der Waals surface area contributed by atoms with E-state index in [1.54, 1.807) is 6.92 Å². The number of ketones is 1. The van der Waals surface area contributed by atoms with E-state index in [1.165, 1.54) is 6.92 Å². The van der Waals surface area contributed by atoms with Crippen LogP contribution >= 0.6 is 0 Å². The molecule has 4 heteroatoms. The van der Waals surface area contributed by atoms with Gasteiger partial charge >= 0.3 is 0 Å². The number of Topliss-reactive ketones (excluding diaryl/α,β-unsaturated/α-hetero) is 1. The van der Waals surface area contributed by atoms with Gasteiger partial charge in [0.15, 0.2) is 0 Å². The van der Waals surface area contributed by atoms with Crippen molar-refractivity contribution in [2.45, 2.75) is 45.0 Å². The average molecular weight is 176 g/mol. The van der Waals surface area contributed by atoms with E-state index >= 15 is 0 Å². The zero-order chi connectivity index (χ0) is 9.72. The van der Waals surface area contributed by atoms with E-state index < -0.39 is 18.3 Å². The van der Waals surface area contributed by atoms with E-state index in [1.807, 2.05) is 0 Å². The molecule has 0 saturated carbocycles. The monoisotopic (exact) mass is 176 g/mol. The molecular weight excluding hydrogens is 160 g/mol. The lowest BCUT2D eigenvalue weighted by molar-refractivity contribution is -0.124. The van der Waals surface area contributed by atoms with Crippen molar-refractivity contribution < 1.29 is 20.1 Å². The smallest absolute Gasteiger partial charge is 0.135 e. The zero-order valence-electron chi connectivity index (χ0n) is 7.40. The van der Waals surface area contributed by atoms with Crippen molar-refractivity contribution in [1.82, 2.24) is 0 Å². The first kappa shape index (κ1) is 11.6. The predicted molar refractivity (Wildman–Crippen MR) is 43.6 cm³/mol. The van der Waals surface area contributed by atoms with Crippen LogP contribution in [0.1, 0.15) is 26.7 Å². The van der Waals surface area contributed by atoms with E-state index in [0.29, 0.717) is 6.42 Å². The highest BCUT2D eigenvalue weighted by atomic mass is 16.4. The fraction of sp³-hybridized carbons (Fsp3) is 0.875. The van der Waals surface area contributed by atoms with Crippen LogP contribution in [-0.2, 0) is 4.79 Å². The Kier molecular flexibility index (Phi) is 5.04. The average Bonchev–Trinajstić information content (AvgIpc) is 2.02. The molecule has 0 aliphatic heterocycles. The Morgan fingerprint density at radius 2 is 1.83 bits per heavy atom. The molecule has 0 rings (SSSR count). The molecule has 0 bridgehead atoms. The molecule has 0 aromatic heterocycles. The van der Waals surface area contributed by atoms with Crippen molar-refractivity contribution in [2.24, 2.45) is 0 Å². The highest BCUT2D eigenvalue weighted by Gasteiger charge is 2.22. The standard InChI is InChI=1S/C8H16O4/c1-3-6(10)4-7(11)8(12)5(2)9/h5,7-9,11-12H,3-4H2,1-2H3/t5-,7-,8+/m0/s1. The highest BCUT2D eigenvalue weighted by molar-refractivity contribution is 5.78. The van der Waals surface area contributed by atoms with Gasteiger partial charge in [-0.05, 0) is 6.92 Å². The summed E-state index contributed by atoms with van der Waals surface area (Å²) in [6.07, 6.45) is -3.16. The number of aliphatic hydroxyl groups excluding tert-OH is 3. The summed E-state index contributed by atoms with van der Waals surface area (Å²) in [4.78, 5) is 10.8. The molecule has 0 fully saturated rings. The Morgan fingerprint density at radius 1 is 1.33 bits per heavy atom. The van der Waals surface area contributed by atoms with Crippen LogP contribution in [0.25, 0.3) is 0 Å². The molecule has 0 aromatic carbocycles. The van der Waals surface area contributed by atoms with Crippen LogP contribution in [0.5, 0.6) is 0 Å². The minimum Gasteiger partial charge on any atom is -0.391 e. The summed E-state index contributed by atoms with van der Waals surface area (Å²) in [5.74, 6) is -0.123. The second-order valence-electron chi connectivity index (χ2n) is 2.89. The van der Waals surface area contributed by atoms with Crippen LogP contribution in [0.3, 0.4) is 0 Å². The Balaban J connectivity index is 3.86. The SMILES string of the molecule is CCC(=O)C[C@H](O)[C@H](O)[C@H](C)O. The lowest BCUT2D eigenvalue weighted by Gasteiger charge is -2.19. The molecule has 0 unspecified atom stereocenters. The number of hydrogen-bond donors (Lipinski definition) is 3. The second kappa shape index (κ2) is 5.24. The third-order valence-corrected chi connectivity index (χ3v) is 1.72. The maximum atomic E-state index is 10.8. The third-order valence-electron chi connectivity index (χ3n) is 1.72. The summed E-state index contributed by atoms with van der Waals surface area (Å²) < 4.78 is 0. The Hall–Kier alpha value is -0.450. The summed E-state index contributed by atoms with van der Waals surface area (Å²) in [7, 11) is 0. The van der Waals surface area contributed by atoms with Gasteiger partial charge in [-0.25, -0.2) is 0 Å². The number of hydrogen-bond acceptors (Lipinski definition) is 4. The normalized spacial score (nSPS) is 18.4. The van der Waals surface area contributed by atoms with Gasteiger partial charge in [0.05, 0.1) is 12.2 Å². The first-order valence-electron chi connectivity index (χ1n) is 4.05. The van der Waals surface area contributed by atoms with Crippen molar-refractivity contribution in [3.8, 4) is 0 Å². The van der Waals surface area contributed by atoms with Crippen LogP contribution in [0, 0.1) is 0 Å². The van der Waals surface area contributed by atoms with E-state index in [-0.39, 0.29) is 12.2 Å². The van der Waals surface area contributed by atoms with Gasteiger partial charge in [0.2, 0.25) is 0 Å². The van der Waals surface area contributed by atoms with E-state index in [0.717, 1.165) is 0 Å². The maximum absolute atomic E-state index is 10.8. The highest BCUT2D eigenvalue weighted by Crippen LogP contribution is 2.05. The van der Waals surface area contributed by atoms with Gasteiger partial charge in [0, 0.05) is 12.8 Å². The van der Waals surface area contributed by atoms with Crippen LogP contribution in [0.4, 0.5) is 0 Å². The molecule has 72 valence electrons. The minimum absolute atomic E-state index is 0.0947. The number of carbonyl (C=O) groups excluding carboxylic acids is 1. The summed E-state index contributed by atoms with van der Waals surface area (Å²) >= 11 is 0. The molecule has 0 aromatic rings. The van der Waals surface area contributed by atoms with Crippen LogP contribution in [0.15, 0.2) is 0 Å². The largest absolute Gasteiger partial charge is 0.391 e. The number of aliphatic hydroxyl groups is 3. The molecule has 3 atom stereocenters. The van der Waals surface area contributed by atoms with Gasteiger partial charge in [-0.1, -0.05) is 6.92 Å². The molecule has 0 heterocycles. The maximum Gasteiger partial charge on any atom is 0.135 e. The molecule has 0 spiro atoms. The third kappa shape index (κ3) is 3.80. The fourth-order valence-corrected chi connectivity index (χ4v) is 0.820. The summed E-state index contributed by atoms with van der Waals surface area (Å²) in [5.41, 5.74) is 0. The first-order chi connectivity index (χ1) is 5.49. The fourth-order valence-electron chi connectivity index (χ4n) is 0.820. The van der Waals surface area contributed by atoms with Gasteiger partial charge in [0.1, 0.15) is 11.9 Å². The first-order valence-corrected chi connectivity index (χ1v) is 4.05.